The molecule has 4 rings (SSSR count). The molecule has 0 atom stereocenters. The van der Waals surface area contributed by atoms with Gasteiger partial charge < -0.3 is 5.32 Å². The average Bonchev–Trinajstić information content (AvgIpc) is 3.00. The van der Waals surface area contributed by atoms with Crippen molar-refractivity contribution >= 4 is 32.9 Å². The van der Waals surface area contributed by atoms with Crippen molar-refractivity contribution in [2.45, 2.75) is 19.4 Å². The maximum atomic E-state index is 4.76. The molecule has 96 valence electrons. The monoisotopic (exact) mass is 287 g/mol. The molecule has 3 heterocycles. The topological polar surface area (TPSA) is 37.8 Å². The van der Waals surface area contributed by atoms with Crippen molar-refractivity contribution in [3.8, 4) is 0 Å². The van der Waals surface area contributed by atoms with Gasteiger partial charge in [0.1, 0.15) is 5.01 Å². The lowest BCUT2D eigenvalue weighted by molar-refractivity contribution is 0.643. The Balaban J connectivity index is 1.65. The first-order valence-electron chi connectivity index (χ1n) is 6.41. The minimum atomic E-state index is 0.872. The second kappa shape index (κ2) is 4.67. The standard InChI is InChI=1S/C14H13N3S2/c1-2-4-11-9(3-1)16-13(18-11)7-14-17-10-5-6-15-8-12(10)19-14/h1-4,15H,5-8H2. The molecule has 0 fully saturated rings. The Hall–Kier alpha value is -1.30. The van der Waals surface area contributed by atoms with Crippen LogP contribution in [0.1, 0.15) is 20.6 Å². The summed E-state index contributed by atoms with van der Waals surface area (Å²) < 4.78 is 1.26. The molecule has 0 spiro atoms. The number of nitrogens with zero attached hydrogens (tertiary/aromatic N) is 2. The molecule has 0 bridgehead atoms. The van der Waals surface area contributed by atoms with Crippen molar-refractivity contribution < 1.29 is 0 Å². The summed E-state index contributed by atoms with van der Waals surface area (Å²) >= 11 is 3.61. The van der Waals surface area contributed by atoms with Crippen LogP contribution in [-0.2, 0) is 19.4 Å². The molecule has 1 aliphatic rings. The molecule has 19 heavy (non-hydrogen) atoms. The molecule has 0 aliphatic carbocycles. The number of hydrogen-bond donors (Lipinski definition) is 1. The highest BCUT2D eigenvalue weighted by atomic mass is 32.1. The van der Waals surface area contributed by atoms with Gasteiger partial charge in [-0.1, -0.05) is 12.1 Å². The Labute approximate surface area is 119 Å². The normalized spacial score (nSPS) is 14.7. The Bertz CT molecular complexity index is 673. The largest absolute Gasteiger partial charge is 0.311 e. The van der Waals surface area contributed by atoms with Crippen LogP contribution < -0.4 is 5.32 Å². The predicted octanol–water partition coefficient (Wildman–Crippen LogP) is 2.99. The lowest BCUT2D eigenvalue weighted by Gasteiger charge is -2.09. The summed E-state index contributed by atoms with van der Waals surface area (Å²) in [6.07, 6.45) is 1.93. The molecular formula is C14H13N3S2. The number of rotatable bonds is 2. The fourth-order valence-electron chi connectivity index (χ4n) is 2.38. The molecule has 0 saturated heterocycles. The number of aromatic nitrogens is 2. The van der Waals surface area contributed by atoms with E-state index < -0.39 is 0 Å². The van der Waals surface area contributed by atoms with Gasteiger partial charge in [-0.05, 0) is 12.1 Å². The molecule has 3 nitrogen and oxygen atoms in total. The third-order valence-electron chi connectivity index (χ3n) is 3.29. The van der Waals surface area contributed by atoms with Gasteiger partial charge >= 0.3 is 0 Å². The molecule has 2 aromatic heterocycles. The number of hydrogen-bond acceptors (Lipinski definition) is 5. The second-order valence-corrected chi connectivity index (χ2v) is 6.94. The van der Waals surface area contributed by atoms with Gasteiger partial charge in [0, 0.05) is 24.4 Å². The van der Waals surface area contributed by atoms with E-state index in [1.807, 2.05) is 17.4 Å². The zero-order chi connectivity index (χ0) is 12.7. The van der Waals surface area contributed by atoms with Gasteiger partial charge in [-0.25, -0.2) is 9.97 Å². The van der Waals surface area contributed by atoms with Gasteiger partial charge in [-0.3, -0.25) is 0 Å². The van der Waals surface area contributed by atoms with Crippen molar-refractivity contribution in [2.75, 3.05) is 6.54 Å². The highest BCUT2D eigenvalue weighted by Gasteiger charge is 2.15. The maximum Gasteiger partial charge on any atom is 0.101 e. The van der Waals surface area contributed by atoms with Gasteiger partial charge in [0.2, 0.25) is 0 Å². The zero-order valence-electron chi connectivity index (χ0n) is 10.3. The maximum absolute atomic E-state index is 4.76. The first kappa shape index (κ1) is 11.5. The zero-order valence-corrected chi connectivity index (χ0v) is 12.0. The molecule has 0 unspecified atom stereocenters. The van der Waals surface area contributed by atoms with Crippen LogP contribution in [0.5, 0.6) is 0 Å². The lowest BCUT2D eigenvalue weighted by Crippen LogP contribution is -2.22. The highest BCUT2D eigenvalue weighted by molar-refractivity contribution is 7.18. The number of thiazole rings is 2. The first-order chi connectivity index (χ1) is 9.38. The minimum Gasteiger partial charge on any atom is -0.311 e. The molecular weight excluding hydrogens is 274 g/mol. The van der Waals surface area contributed by atoms with Gasteiger partial charge in [-0.2, -0.15) is 0 Å². The van der Waals surface area contributed by atoms with Crippen LogP contribution in [0, 0.1) is 0 Å². The second-order valence-electron chi connectivity index (χ2n) is 4.66. The van der Waals surface area contributed by atoms with E-state index in [9.17, 15) is 0 Å². The fraction of sp³-hybridized carbons (Fsp3) is 0.286. The van der Waals surface area contributed by atoms with Gasteiger partial charge in [-0.15, -0.1) is 22.7 Å². The molecule has 1 aromatic carbocycles. The SMILES string of the molecule is c1ccc2sc(Cc3nc4c(s3)CNCC4)nc2c1. The number of nitrogens with one attached hydrogen (secondary N) is 1. The molecule has 1 N–H and O–H groups in total. The summed E-state index contributed by atoms with van der Waals surface area (Å²) in [6, 6.07) is 8.32. The number of para-hydroxylation sites is 1. The van der Waals surface area contributed by atoms with Crippen LogP contribution in [0.4, 0.5) is 0 Å². The van der Waals surface area contributed by atoms with Crippen molar-refractivity contribution in [1.29, 1.82) is 0 Å². The van der Waals surface area contributed by atoms with E-state index in [0.717, 1.165) is 31.4 Å². The third-order valence-corrected chi connectivity index (χ3v) is 5.42. The Morgan fingerprint density at radius 2 is 2.00 bits per heavy atom. The van der Waals surface area contributed by atoms with Gasteiger partial charge in [0.15, 0.2) is 0 Å². The van der Waals surface area contributed by atoms with E-state index in [1.54, 1.807) is 11.3 Å². The Morgan fingerprint density at radius 1 is 1.11 bits per heavy atom. The minimum absolute atomic E-state index is 0.872. The van der Waals surface area contributed by atoms with Gasteiger partial charge in [0.25, 0.3) is 0 Å². The summed E-state index contributed by atoms with van der Waals surface area (Å²) in [7, 11) is 0. The van der Waals surface area contributed by atoms with Crippen LogP contribution in [0.15, 0.2) is 24.3 Å². The van der Waals surface area contributed by atoms with E-state index in [1.165, 1.54) is 25.3 Å². The van der Waals surface area contributed by atoms with Crippen LogP contribution in [0.2, 0.25) is 0 Å². The van der Waals surface area contributed by atoms with E-state index >= 15 is 0 Å². The van der Waals surface area contributed by atoms with E-state index in [0.29, 0.717) is 0 Å². The molecule has 3 aromatic rings. The van der Waals surface area contributed by atoms with Crippen LogP contribution >= 0.6 is 22.7 Å². The van der Waals surface area contributed by atoms with Gasteiger partial charge in [0.05, 0.1) is 27.3 Å². The highest BCUT2D eigenvalue weighted by Crippen LogP contribution is 2.27. The quantitative estimate of drug-likeness (QED) is 0.787. The predicted molar refractivity (Wildman–Crippen MR) is 80.0 cm³/mol. The molecule has 0 saturated carbocycles. The number of benzene rings is 1. The third kappa shape index (κ3) is 2.18. The van der Waals surface area contributed by atoms with Crippen LogP contribution in [0.3, 0.4) is 0 Å². The van der Waals surface area contributed by atoms with Crippen molar-refractivity contribution in [1.82, 2.24) is 15.3 Å². The van der Waals surface area contributed by atoms with Crippen LogP contribution in [0.25, 0.3) is 10.2 Å². The summed E-state index contributed by atoms with van der Waals surface area (Å²) in [5.74, 6) is 0. The van der Waals surface area contributed by atoms with Crippen molar-refractivity contribution in [3.63, 3.8) is 0 Å². The summed E-state index contributed by atoms with van der Waals surface area (Å²) in [5, 5.41) is 5.77. The molecule has 0 radical (unpaired) electrons. The van der Waals surface area contributed by atoms with E-state index in [2.05, 4.69) is 28.5 Å². The lowest BCUT2D eigenvalue weighted by atomic mass is 10.2. The average molecular weight is 287 g/mol. The smallest absolute Gasteiger partial charge is 0.101 e. The molecule has 1 aliphatic heterocycles. The summed E-state index contributed by atoms with van der Waals surface area (Å²) in [4.78, 5) is 10.9. The summed E-state index contributed by atoms with van der Waals surface area (Å²) in [5.41, 5.74) is 2.39. The number of fused-ring (bicyclic) bond motifs is 2. The van der Waals surface area contributed by atoms with E-state index in [-0.39, 0.29) is 0 Å². The summed E-state index contributed by atoms with van der Waals surface area (Å²) in [6.45, 7) is 2.03. The Morgan fingerprint density at radius 3 is 2.89 bits per heavy atom. The first-order valence-corrected chi connectivity index (χ1v) is 8.04. The molecule has 0 amide bonds. The molecule has 5 heteroatoms. The van der Waals surface area contributed by atoms with Crippen molar-refractivity contribution in [3.05, 3.63) is 44.9 Å². The Kier molecular flexibility index (Phi) is 2.83. The van der Waals surface area contributed by atoms with Crippen LogP contribution in [-0.4, -0.2) is 16.5 Å². The fourth-order valence-corrected chi connectivity index (χ4v) is 4.53. The van der Waals surface area contributed by atoms with Crippen molar-refractivity contribution in [2.24, 2.45) is 0 Å². The van der Waals surface area contributed by atoms with E-state index in [4.69, 9.17) is 4.98 Å².